The number of phenols is 2. The van der Waals surface area contributed by atoms with Crippen LogP contribution in [0.3, 0.4) is 0 Å². The predicted octanol–water partition coefficient (Wildman–Crippen LogP) is -0.884. The molecule has 0 heterocycles. The third-order valence-electron chi connectivity index (χ3n) is 1.84. The fraction of sp³-hybridized carbons (Fsp3) is 0.222. The number of amides is 1. The van der Waals surface area contributed by atoms with Crippen molar-refractivity contribution in [1.82, 2.24) is 5.32 Å². The zero-order valence-corrected chi connectivity index (χ0v) is 9.57. The number of aromatic hydroxyl groups is 2. The highest BCUT2D eigenvalue weighted by atomic mass is 32.2. The van der Waals surface area contributed by atoms with E-state index >= 15 is 0 Å². The summed E-state index contributed by atoms with van der Waals surface area (Å²) in [7, 11) is -3.63. The van der Waals surface area contributed by atoms with Gasteiger partial charge in [-0.1, -0.05) is 0 Å². The molecule has 0 saturated heterocycles. The van der Waals surface area contributed by atoms with Crippen LogP contribution in [0.4, 0.5) is 0 Å². The first-order valence-electron chi connectivity index (χ1n) is 4.59. The third-order valence-corrected chi connectivity index (χ3v) is 2.61. The van der Waals surface area contributed by atoms with E-state index in [0.717, 1.165) is 18.2 Å². The molecule has 94 valence electrons. The van der Waals surface area contributed by atoms with E-state index in [4.69, 9.17) is 15.4 Å². The fourth-order valence-electron chi connectivity index (χ4n) is 1.14. The minimum Gasteiger partial charge on any atom is -0.508 e. The Morgan fingerprint density at radius 2 is 1.76 bits per heavy atom. The molecular weight excluding hydrogens is 248 g/mol. The Kier molecular flexibility index (Phi) is 3.92. The molecule has 0 radical (unpaired) electrons. The first-order valence-corrected chi connectivity index (χ1v) is 6.31. The van der Waals surface area contributed by atoms with Crippen LogP contribution in [0, 0.1) is 0 Å². The normalized spacial score (nSPS) is 11.1. The van der Waals surface area contributed by atoms with Crippen molar-refractivity contribution in [2.45, 2.75) is 0 Å². The van der Waals surface area contributed by atoms with Crippen LogP contribution in [0.15, 0.2) is 18.2 Å². The Hall–Kier alpha value is -1.80. The van der Waals surface area contributed by atoms with Gasteiger partial charge >= 0.3 is 0 Å². The quantitative estimate of drug-likeness (QED) is 0.558. The number of primary sulfonamides is 1. The molecule has 1 amide bonds. The molecule has 1 aromatic carbocycles. The lowest BCUT2D eigenvalue weighted by Crippen LogP contribution is -2.31. The smallest absolute Gasteiger partial charge is 0.251 e. The molecule has 1 rings (SSSR count). The van der Waals surface area contributed by atoms with Gasteiger partial charge in [0.1, 0.15) is 11.5 Å². The molecule has 7 nitrogen and oxygen atoms in total. The van der Waals surface area contributed by atoms with Gasteiger partial charge < -0.3 is 15.5 Å². The second kappa shape index (κ2) is 5.02. The molecule has 17 heavy (non-hydrogen) atoms. The number of sulfonamides is 1. The summed E-state index contributed by atoms with van der Waals surface area (Å²) in [6, 6.07) is 3.36. The van der Waals surface area contributed by atoms with E-state index in [2.05, 4.69) is 5.32 Å². The topological polar surface area (TPSA) is 130 Å². The number of hydrogen-bond acceptors (Lipinski definition) is 5. The first kappa shape index (κ1) is 13.3. The van der Waals surface area contributed by atoms with E-state index in [1.807, 2.05) is 0 Å². The lowest BCUT2D eigenvalue weighted by atomic mass is 10.2. The van der Waals surface area contributed by atoms with Crippen LogP contribution in [-0.2, 0) is 10.0 Å². The maximum Gasteiger partial charge on any atom is 0.251 e. The van der Waals surface area contributed by atoms with Gasteiger partial charge in [0.25, 0.3) is 5.91 Å². The highest BCUT2D eigenvalue weighted by Crippen LogP contribution is 2.20. The van der Waals surface area contributed by atoms with Crippen molar-refractivity contribution >= 4 is 15.9 Å². The molecule has 0 bridgehead atoms. The SMILES string of the molecule is NS(=O)(=O)CCNC(=O)c1cc(O)cc(O)c1. The maximum absolute atomic E-state index is 11.5. The summed E-state index contributed by atoms with van der Waals surface area (Å²) in [5, 5.41) is 25.3. The van der Waals surface area contributed by atoms with Crippen molar-refractivity contribution in [3.63, 3.8) is 0 Å². The largest absolute Gasteiger partial charge is 0.508 e. The third kappa shape index (κ3) is 4.70. The van der Waals surface area contributed by atoms with Crippen LogP contribution in [0.1, 0.15) is 10.4 Å². The van der Waals surface area contributed by atoms with Gasteiger partial charge in [-0.05, 0) is 12.1 Å². The van der Waals surface area contributed by atoms with Crippen LogP contribution in [-0.4, -0.2) is 36.8 Å². The summed E-state index contributed by atoms with van der Waals surface area (Å²) in [6.45, 7) is -0.145. The second-order valence-corrected chi connectivity index (χ2v) is 5.09. The zero-order chi connectivity index (χ0) is 13.1. The molecule has 0 aromatic heterocycles. The molecule has 1 aromatic rings. The molecule has 0 aliphatic heterocycles. The molecule has 0 fully saturated rings. The number of carbonyl (C=O) groups excluding carboxylic acids is 1. The van der Waals surface area contributed by atoms with Crippen LogP contribution < -0.4 is 10.5 Å². The molecule has 0 spiro atoms. The average molecular weight is 260 g/mol. The second-order valence-electron chi connectivity index (χ2n) is 3.36. The van der Waals surface area contributed by atoms with Gasteiger partial charge in [-0.3, -0.25) is 4.79 Å². The molecule has 0 atom stereocenters. The molecule has 0 aliphatic rings. The van der Waals surface area contributed by atoms with Crippen molar-refractivity contribution in [2.24, 2.45) is 5.14 Å². The highest BCUT2D eigenvalue weighted by molar-refractivity contribution is 7.89. The van der Waals surface area contributed by atoms with Crippen LogP contribution in [0.2, 0.25) is 0 Å². The van der Waals surface area contributed by atoms with E-state index in [0.29, 0.717) is 0 Å². The molecule has 5 N–H and O–H groups in total. The zero-order valence-electron chi connectivity index (χ0n) is 8.75. The van der Waals surface area contributed by atoms with Gasteiger partial charge in [0.2, 0.25) is 10.0 Å². The van der Waals surface area contributed by atoms with E-state index in [1.165, 1.54) is 0 Å². The van der Waals surface area contributed by atoms with Crippen LogP contribution in [0.5, 0.6) is 11.5 Å². The van der Waals surface area contributed by atoms with Crippen molar-refractivity contribution in [1.29, 1.82) is 0 Å². The van der Waals surface area contributed by atoms with Crippen molar-refractivity contribution in [2.75, 3.05) is 12.3 Å². The van der Waals surface area contributed by atoms with Gasteiger partial charge in [0.05, 0.1) is 5.75 Å². The number of benzene rings is 1. The van der Waals surface area contributed by atoms with Crippen molar-refractivity contribution < 1.29 is 23.4 Å². The van der Waals surface area contributed by atoms with Crippen molar-refractivity contribution in [3.05, 3.63) is 23.8 Å². The summed E-state index contributed by atoms with van der Waals surface area (Å²) in [6.07, 6.45) is 0. The van der Waals surface area contributed by atoms with E-state index in [1.54, 1.807) is 0 Å². The molecule has 0 saturated carbocycles. The summed E-state index contributed by atoms with van der Waals surface area (Å²) in [5.74, 6) is -1.52. The molecule has 0 unspecified atom stereocenters. The van der Waals surface area contributed by atoms with E-state index < -0.39 is 15.9 Å². The Morgan fingerprint density at radius 1 is 1.24 bits per heavy atom. The molecular formula is C9H12N2O5S. The van der Waals surface area contributed by atoms with Crippen LogP contribution in [0.25, 0.3) is 0 Å². The Balaban J connectivity index is 2.64. The summed E-state index contributed by atoms with van der Waals surface area (Å²) in [5.41, 5.74) is 0.0249. The van der Waals surface area contributed by atoms with Crippen molar-refractivity contribution in [3.8, 4) is 11.5 Å². The standard InChI is InChI=1S/C9H12N2O5S/c10-17(15,16)2-1-11-9(14)6-3-7(12)5-8(13)4-6/h3-5,12-13H,1-2H2,(H,11,14)(H2,10,15,16). The summed E-state index contributed by atoms with van der Waals surface area (Å²) in [4.78, 5) is 11.5. The summed E-state index contributed by atoms with van der Waals surface area (Å²) < 4.78 is 21.2. The number of hydrogen-bond donors (Lipinski definition) is 4. The number of nitrogens with two attached hydrogens (primary N) is 1. The lowest BCUT2D eigenvalue weighted by Gasteiger charge is -2.05. The fourth-order valence-corrected chi connectivity index (χ4v) is 1.52. The summed E-state index contributed by atoms with van der Waals surface area (Å²) >= 11 is 0. The average Bonchev–Trinajstić information content (AvgIpc) is 2.13. The number of nitrogens with one attached hydrogen (secondary N) is 1. The van der Waals surface area contributed by atoms with Gasteiger partial charge in [-0.2, -0.15) is 0 Å². The maximum atomic E-state index is 11.5. The highest BCUT2D eigenvalue weighted by Gasteiger charge is 2.09. The first-order chi connectivity index (χ1) is 7.78. The van der Waals surface area contributed by atoms with Gasteiger partial charge in [0, 0.05) is 18.2 Å². The Morgan fingerprint density at radius 3 is 2.24 bits per heavy atom. The van der Waals surface area contributed by atoms with Gasteiger partial charge in [-0.25, -0.2) is 13.6 Å². The van der Waals surface area contributed by atoms with E-state index in [9.17, 15) is 13.2 Å². The number of carbonyl (C=O) groups is 1. The van der Waals surface area contributed by atoms with Gasteiger partial charge in [-0.15, -0.1) is 0 Å². The number of phenolic OH excluding ortho intramolecular Hbond substituents is 2. The Labute approximate surface area is 97.9 Å². The van der Waals surface area contributed by atoms with E-state index in [-0.39, 0.29) is 29.4 Å². The monoisotopic (exact) mass is 260 g/mol. The van der Waals surface area contributed by atoms with Crippen LogP contribution >= 0.6 is 0 Å². The Bertz CT molecular complexity index is 506. The van der Waals surface area contributed by atoms with Gasteiger partial charge in [0.15, 0.2) is 0 Å². The predicted molar refractivity (Wildman–Crippen MR) is 60.1 cm³/mol. The lowest BCUT2D eigenvalue weighted by molar-refractivity contribution is 0.0955. The molecule has 8 heteroatoms. The number of rotatable bonds is 4. The minimum atomic E-state index is -3.63. The molecule has 0 aliphatic carbocycles. The minimum absolute atomic E-state index is 0.0249.